The molecule has 14 heavy (non-hydrogen) atoms. The maximum atomic E-state index is 5.47. The zero-order valence-electron chi connectivity index (χ0n) is 8.95. The minimum Gasteiger partial charge on any atom is -0.376 e. The van der Waals surface area contributed by atoms with E-state index in [4.69, 9.17) is 4.74 Å². The van der Waals surface area contributed by atoms with Crippen LogP contribution >= 0.6 is 0 Å². The fourth-order valence-corrected chi connectivity index (χ4v) is 2.07. The van der Waals surface area contributed by atoms with Gasteiger partial charge in [0.05, 0.1) is 6.10 Å². The van der Waals surface area contributed by atoms with Crippen LogP contribution in [0.15, 0.2) is 47.6 Å². The van der Waals surface area contributed by atoms with Crippen LogP contribution in [-0.4, -0.2) is 13.2 Å². The molecule has 0 aliphatic heterocycles. The maximum Gasteiger partial charge on any atom is 0.0883 e. The van der Waals surface area contributed by atoms with Crippen molar-refractivity contribution in [2.24, 2.45) is 5.41 Å². The Morgan fingerprint density at radius 2 is 2.07 bits per heavy atom. The van der Waals surface area contributed by atoms with Crippen molar-refractivity contribution in [2.45, 2.75) is 20.0 Å². The molecule has 0 fully saturated rings. The van der Waals surface area contributed by atoms with E-state index >= 15 is 0 Å². The number of allylic oxidation sites excluding steroid dienone is 5. The molecule has 0 spiro atoms. The van der Waals surface area contributed by atoms with Gasteiger partial charge < -0.3 is 4.74 Å². The minimum absolute atomic E-state index is 0.0169. The standard InChI is InChI=1S/C13H16O/c1-10-4-5-11-6-7-12(14-3)13(11,2)9-8-10/h4-9,12H,1-3H3/t12-,13-/m0/s1. The summed E-state index contributed by atoms with van der Waals surface area (Å²) >= 11 is 0. The number of methoxy groups -OCH3 is 1. The Hall–Kier alpha value is -1.08. The van der Waals surface area contributed by atoms with Crippen LogP contribution in [0.25, 0.3) is 0 Å². The molecule has 2 aliphatic rings. The van der Waals surface area contributed by atoms with Gasteiger partial charge in [-0.3, -0.25) is 0 Å². The number of hydrogen-bond donors (Lipinski definition) is 0. The first-order chi connectivity index (χ1) is 6.66. The molecule has 2 atom stereocenters. The van der Waals surface area contributed by atoms with Crippen molar-refractivity contribution in [3.05, 3.63) is 47.6 Å². The molecule has 0 saturated heterocycles. The minimum atomic E-state index is 0.0169. The highest BCUT2D eigenvalue weighted by Gasteiger charge is 2.37. The van der Waals surface area contributed by atoms with E-state index in [0.29, 0.717) is 0 Å². The first kappa shape index (κ1) is 9.47. The summed E-state index contributed by atoms with van der Waals surface area (Å²) in [6.07, 6.45) is 13.2. The summed E-state index contributed by atoms with van der Waals surface area (Å²) < 4.78 is 5.47. The van der Waals surface area contributed by atoms with Crippen molar-refractivity contribution >= 4 is 0 Å². The van der Waals surface area contributed by atoms with Crippen molar-refractivity contribution in [3.63, 3.8) is 0 Å². The zero-order valence-corrected chi connectivity index (χ0v) is 8.95. The molecule has 0 radical (unpaired) electrons. The zero-order chi connectivity index (χ0) is 10.2. The molecule has 0 bridgehead atoms. The molecule has 74 valence electrons. The summed E-state index contributed by atoms with van der Waals surface area (Å²) in [6, 6.07) is 0. The second kappa shape index (κ2) is 3.25. The van der Waals surface area contributed by atoms with Crippen LogP contribution in [0.3, 0.4) is 0 Å². The lowest BCUT2D eigenvalue weighted by atomic mass is 9.81. The molecule has 0 amide bonds. The largest absolute Gasteiger partial charge is 0.376 e. The van der Waals surface area contributed by atoms with E-state index in [9.17, 15) is 0 Å². The highest BCUT2D eigenvalue weighted by atomic mass is 16.5. The van der Waals surface area contributed by atoms with Gasteiger partial charge in [-0.1, -0.05) is 42.0 Å². The van der Waals surface area contributed by atoms with Gasteiger partial charge in [-0.05, 0) is 19.4 Å². The highest BCUT2D eigenvalue weighted by Crippen LogP contribution is 2.42. The van der Waals surface area contributed by atoms with Crippen molar-refractivity contribution in [3.8, 4) is 0 Å². The first-order valence-electron chi connectivity index (χ1n) is 4.96. The van der Waals surface area contributed by atoms with Gasteiger partial charge in [0.25, 0.3) is 0 Å². The number of hydrogen-bond acceptors (Lipinski definition) is 1. The summed E-state index contributed by atoms with van der Waals surface area (Å²) in [7, 11) is 1.77. The van der Waals surface area contributed by atoms with Crippen LogP contribution in [0.1, 0.15) is 13.8 Å². The van der Waals surface area contributed by atoms with Gasteiger partial charge in [0.2, 0.25) is 0 Å². The lowest BCUT2D eigenvalue weighted by Crippen LogP contribution is -2.27. The van der Waals surface area contributed by atoms with Gasteiger partial charge in [-0.25, -0.2) is 0 Å². The third kappa shape index (κ3) is 1.28. The fraction of sp³-hybridized carbons (Fsp3) is 0.385. The Kier molecular flexibility index (Phi) is 2.20. The van der Waals surface area contributed by atoms with Crippen LogP contribution in [0.2, 0.25) is 0 Å². The normalized spacial score (nSPS) is 34.9. The SMILES string of the molecule is CO[C@H]1C=CC2=CC=C(C)C=C[C@@]21C. The van der Waals surface area contributed by atoms with Crippen molar-refractivity contribution in [1.82, 2.24) is 0 Å². The molecule has 2 rings (SSSR count). The summed E-state index contributed by atoms with van der Waals surface area (Å²) in [5, 5.41) is 0. The molecule has 0 saturated carbocycles. The van der Waals surface area contributed by atoms with Gasteiger partial charge >= 0.3 is 0 Å². The molecule has 1 heteroatoms. The van der Waals surface area contributed by atoms with Gasteiger partial charge in [-0.15, -0.1) is 0 Å². The summed E-state index contributed by atoms with van der Waals surface area (Å²) in [4.78, 5) is 0. The Morgan fingerprint density at radius 3 is 2.79 bits per heavy atom. The van der Waals surface area contributed by atoms with Gasteiger partial charge in [0.1, 0.15) is 0 Å². The molecule has 1 nitrogen and oxygen atoms in total. The number of rotatable bonds is 1. The van der Waals surface area contributed by atoms with Crippen molar-refractivity contribution < 1.29 is 4.74 Å². The van der Waals surface area contributed by atoms with E-state index < -0.39 is 0 Å². The Balaban J connectivity index is 2.44. The van der Waals surface area contributed by atoms with E-state index in [1.165, 1.54) is 11.1 Å². The van der Waals surface area contributed by atoms with E-state index in [0.717, 1.165) is 0 Å². The molecule has 2 aliphatic carbocycles. The summed E-state index contributed by atoms with van der Waals surface area (Å²) in [6.45, 7) is 4.33. The van der Waals surface area contributed by atoms with Crippen LogP contribution in [-0.2, 0) is 4.74 Å². The average Bonchev–Trinajstić information content (AvgIpc) is 2.42. The molecule has 0 aromatic heterocycles. The second-order valence-corrected chi connectivity index (χ2v) is 4.16. The van der Waals surface area contributed by atoms with E-state index in [2.05, 4.69) is 50.3 Å². The summed E-state index contributed by atoms with van der Waals surface area (Å²) in [5.41, 5.74) is 2.64. The number of fused-ring (bicyclic) bond motifs is 1. The molecule has 0 unspecified atom stereocenters. The van der Waals surface area contributed by atoms with Crippen LogP contribution in [0.5, 0.6) is 0 Å². The molecule has 0 aromatic rings. The molecule has 0 aromatic carbocycles. The van der Waals surface area contributed by atoms with Crippen molar-refractivity contribution in [2.75, 3.05) is 7.11 Å². The fourth-order valence-electron chi connectivity index (χ4n) is 2.07. The Morgan fingerprint density at radius 1 is 1.29 bits per heavy atom. The first-order valence-corrected chi connectivity index (χ1v) is 4.96. The van der Waals surface area contributed by atoms with E-state index in [-0.39, 0.29) is 11.5 Å². The quantitative estimate of drug-likeness (QED) is 0.614. The van der Waals surface area contributed by atoms with Crippen LogP contribution < -0.4 is 0 Å². The Bertz CT molecular complexity index is 357. The van der Waals surface area contributed by atoms with Gasteiger partial charge in [0, 0.05) is 12.5 Å². The third-order valence-corrected chi connectivity index (χ3v) is 3.14. The Labute approximate surface area is 85.5 Å². The number of ether oxygens (including phenoxy) is 1. The predicted octanol–water partition coefficient (Wildman–Crippen LogP) is 3.02. The van der Waals surface area contributed by atoms with Gasteiger partial charge in [-0.2, -0.15) is 0 Å². The molecular formula is C13H16O. The average molecular weight is 188 g/mol. The predicted molar refractivity (Wildman–Crippen MR) is 59.0 cm³/mol. The maximum absolute atomic E-state index is 5.47. The molecule has 0 heterocycles. The molecule has 0 N–H and O–H groups in total. The van der Waals surface area contributed by atoms with E-state index in [1.54, 1.807) is 7.11 Å². The van der Waals surface area contributed by atoms with Crippen molar-refractivity contribution in [1.29, 1.82) is 0 Å². The topological polar surface area (TPSA) is 9.23 Å². The molecular weight excluding hydrogens is 172 g/mol. The summed E-state index contributed by atoms with van der Waals surface area (Å²) in [5.74, 6) is 0. The van der Waals surface area contributed by atoms with Crippen LogP contribution in [0.4, 0.5) is 0 Å². The van der Waals surface area contributed by atoms with Gasteiger partial charge in [0.15, 0.2) is 0 Å². The lowest BCUT2D eigenvalue weighted by Gasteiger charge is -2.28. The second-order valence-electron chi connectivity index (χ2n) is 4.16. The monoisotopic (exact) mass is 188 g/mol. The van der Waals surface area contributed by atoms with Crippen LogP contribution in [0, 0.1) is 5.41 Å². The third-order valence-electron chi connectivity index (χ3n) is 3.14. The highest BCUT2D eigenvalue weighted by molar-refractivity contribution is 5.46. The smallest absolute Gasteiger partial charge is 0.0883 e. The van der Waals surface area contributed by atoms with E-state index in [1.807, 2.05) is 0 Å². The lowest BCUT2D eigenvalue weighted by molar-refractivity contribution is 0.0855.